The molecular formula is C23H23FN2O2S. The largest absolute Gasteiger partial charge is 0.369 e. The highest BCUT2D eigenvalue weighted by atomic mass is 32.2. The summed E-state index contributed by atoms with van der Waals surface area (Å²) in [5, 5.41) is -0.297. The Hall–Kier alpha value is -2.60. The second-order valence-corrected chi connectivity index (χ2v) is 8.60. The Bertz CT molecular complexity index is 1010. The van der Waals surface area contributed by atoms with Crippen molar-refractivity contribution in [3.05, 3.63) is 69.4 Å². The van der Waals surface area contributed by atoms with Crippen LogP contribution in [0.5, 0.6) is 0 Å². The van der Waals surface area contributed by atoms with E-state index in [1.165, 1.54) is 11.0 Å². The van der Waals surface area contributed by atoms with E-state index < -0.39 is 0 Å². The Morgan fingerprint density at radius 1 is 1.10 bits per heavy atom. The monoisotopic (exact) mass is 410 g/mol. The maximum Gasteiger partial charge on any atom is 0.293 e. The molecule has 2 aliphatic heterocycles. The lowest BCUT2D eigenvalue weighted by molar-refractivity contribution is -0.123. The van der Waals surface area contributed by atoms with Gasteiger partial charge in [-0.3, -0.25) is 14.5 Å². The highest BCUT2D eigenvalue weighted by Gasteiger charge is 2.35. The van der Waals surface area contributed by atoms with Crippen molar-refractivity contribution in [2.75, 3.05) is 18.0 Å². The number of benzene rings is 2. The first-order valence-corrected chi connectivity index (χ1v) is 10.6. The molecule has 4 rings (SSSR count). The van der Waals surface area contributed by atoms with E-state index in [2.05, 4.69) is 4.90 Å². The van der Waals surface area contributed by atoms with E-state index in [0.717, 1.165) is 54.4 Å². The van der Waals surface area contributed by atoms with Gasteiger partial charge < -0.3 is 4.90 Å². The molecule has 29 heavy (non-hydrogen) atoms. The van der Waals surface area contributed by atoms with E-state index in [0.29, 0.717) is 16.2 Å². The summed E-state index contributed by atoms with van der Waals surface area (Å²) < 4.78 is 14.7. The Balaban J connectivity index is 1.57. The number of nitrogens with zero attached hydrogens (tertiary/aromatic N) is 2. The first-order chi connectivity index (χ1) is 13.9. The molecule has 0 spiro atoms. The van der Waals surface area contributed by atoms with E-state index in [4.69, 9.17) is 0 Å². The molecule has 0 unspecified atom stereocenters. The van der Waals surface area contributed by atoms with Gasteiger partial charge in [0.1, 0.15) is 5.82 Å². The van der Waals surface area contributed by atoms with Crippen molar-refractivity contribution in [1.82, 2.24) is 4.90 Å². The van der Waals surface area contributed by atoms with Crippen LogP contribution in [0, 0.1) is 19.7 Å². The number of hydrogen-bond donors (Lipinski definition) is 0. The third kappa shape index (κ3) is 4.08. The minimum absolute atomic E-state index is 0.241. The van der Waals surface area contributed by atoms with Crippen LogP contribution < -0.4 is 4.90 Å². The van der Waals surface area contributed by atoms with Gasteiger partial charge in [-0.25, -0.2) is 4.39 Å². The highest BCUT2D eigenvalue weighted by molar-refractivity contribution is 8.18. The average molecular weight is 411 g/mol. The second-order valence-electron chi connectivity index (χ2n) is 7.61. The molecule has 2 fully saturated rings. The molecule has 6 heteroatoms. The molecule has 4 nitrogen and oxygen atoms in total. The number of imide groups is 1. The van der Waals surface area contributed by atoms with E-state index >= 15 is 0 Å². The fourth-order valence-electron chi connectivity index (χ4n) is 3.81. The molecule has 2 amide bonds. The lowest BCUT2D eigenvalue weighted by Gasteiger charge is -2.19. The minimum Gasteiger partial charge on any atom is -0.369 e. The number of thioether (sulfide) groups is 1. The minimum atomic E-state index is -0.329. The summed E-state index contributed by atoms with van der Waals surface area (Å²) in [7, 11) is 0. The number of anilines is 1. The van der Waals surface area contributed by atoms with Gasteiger partial charge in [-0.15, -0.1) is 0 Å². The van der Waals surface area contributed by atoms with Gasteiger partial charge >= 0.3 is 0 Å². The normalized spacial score (nSPS) is 18.4. The number of carbonyl (C=O) groups is 2. The Morgan fingerprint density at radius 3 is 2.59 bits per heavy atom. The Morgan fingerprint density at radius 2 is 1.86 bits per heavy atom. The summed E-state index contributed by atoms with van der Waals surface area (Å²) >= 11 is 0.910. The molecule has 0 atom stereocenters. The summed E-state index contributed by atoms with van der Waals surface area (Å²) in [5.41, 5.74) is 4.12. The molecule has 0 N–H and O–H groups in total. The number of rotatable bonds is 4. The van der Waals surface area contributed by atoms with Crippen molar-refractivity contribution in [2.24, 2.45) is 0 Å². The molecule has 2 aromatic carbocycles. The Labute approximate surface area is 174 Å². The van der Waals surface area contributed by atoms with E-state index in [-0.39, 0.29) is 23.5 Å². The second kappa shape index (κ2) is 8.03. The van der Waals surface area contributed by atoms with Gasteiger partial charge in [0.25, 0.3) is 11.1 Å². The maximum atomic E-state index is 14.7. The van der Waals surface area contributed by atoms with Crippen LogP contribution >= 0.6 is 11.8 Å². The van der Waals surface area contributed by atoms with Crippen LogP contribution in [-0.2, 0) is 11.3 Å². The Kier molecular flexibility index (Phi) is 5.46. The number of halogens is 1. The van der Waals surface area contributed by atoms with Crippen molar-refractivity contribution in [3.8, 4) is 0 Å². The van der Waals surface area contributed by atoms with Crippen molar-refractivity contribution in [3.63, 3.8) is 0 Å². The van der Waals surface area contributed by atoms with Crippen LogP contribution in [0.1, 0.15) is 35.1 Å². The van der Waals surface area contributed by atoms with Gasteiger partial charge in [-0.2, -0.15) is 0 Å². The van der Waals surface area contributed by atoms with Crippen molar-refractivity contribution >= 4 is 34.7 Å². The van der Waals surface area contributed by atoms with Crippen molar-refractivity contribution < 1.29 is 14.0 Å². The SMILES string of the molecule is Cc1cccc(CN2C(=O)SC(=Cc3cc(F)c(N4CCCC4)cc3C)C2=O)c1. The summed E-state index contributed by atoms with van der Waals surface area (Å²) in [4.78, 5) is 28.8. The zero-order valence-electron chi connectivity index (χ0n) is 16.6. The summed E-state index contributed by atoms with van der Waals surface area (Å²) in [6.45, 7) is 5.86. The average Bonchev–Trinajstić information content (AvgIpc) is 3.29. The number of hydrogen-bond acceptors (Lipinski definition) is 4. The first-order valence-electron chi connectivity index (χ1n) is 9.78. The molecule has 150 valence electrons. The molecule has 2 heterocycles. The number of carbonyl (C=O) groups excluding carboxylic acids is 2. The fraction of sp³-hybridized carbons (Fsp3) is 0.304. The number of aryl methyl sites for hydroxylation is 2. The van der Waals surface area contributed by atoms with Crippen LogP contribution in [0.15, 0.2) is 41.3 Å². The van der Waals surface area contributed by atoms with E-state index in [9.17, 15) is 14.0 Å². The lowest BCUT2D eigenvalue weighted by Crippen LogP contribution is -2.27. The van der Waals surface area contributed by atoms with Crippen LogP contribution in [0.25, 0.3) is 6.08 Å². The molecule has 0 bridgehead atoms. The highest BCUT2D eigenvalue weighted by Crippen LogP contribution is 2.35. The van der Waals surface area contributed by atoms with Gasteiger partial charge in [0.2, 0.25) is 0 Å². The predicted molar refractivity (Wildman–Crippen MR) is 115 cm³/mol. The van der Waals surface area contributed by atoms with Gasteiger partial charge in [-0.1, -0.05) is 29.8 Å². The van der Waals surface area contributed by atoms with Crippen molar-refractivity contribution in [2.45, 2.75) is 33.2 Å². The molecule has 2 aromatic rings. The van der Waals surface area contributed by atoms with Gasteiger partial charge in [0.05, 0.1) is 17.1 Å². The third-order valence-electron chi connectivity index (χ3n) is 5.37. The first kappa shape index (κ1) is 19.7. The predicted octanol–water partition coefficient (Wildman–Crippen LogP) is 5.28. The molecular weight excluding hydrogens is 387 g/mol. The standard InChI is InChI=1S/C23H23FN2O2S/c1-15-6-5-7-17(10-15)14-26-22(27)21(29-23(26)28)13-18-12-19(24)20(11-16(18)2)25-8-3-4-9-25/h5-7,10-13H,3-4,8-9,14H2,1-2H3. The summed E-state index contributed by atoms with van der Waals surface area (Å²) in [6, 6.07) is 11.1. The zero-order chi connectivity index (χ0) is 20.5. The summed E-state index contributed by atoms with van der Waals surface area (Å²) in [5.74, 6) is -0.618. The number of amides is 2. The zero-order valence-corrected chi connectivity index (χ0v) is 17.4. The van der Waals surface area contributed by atoms with Crippen LogP contribution in [-0.4, -0.2) is 29.1 Å². The smallest absolute Gasteiger partial charge is 0.293 e. The quantitative estimate of drug-likeness (QED) is 0.643. The molecule has 2 saturated heterocycles. The lowest BCUT2D eigenvalue weighted by atomic mass is 10.1. The summed E-state index contributed by atoms with van der Waals surface area (Å²) in [6.07, 6.45) is 3.79. The van der Waals surface area contributed by atoms with Crippen LogP contribution in [0.3, 0.4) is 0 Å². The fourth-order valence-corrected chi connectivity index (χ4v) is 4.64. The topological polar surface area (TPSA) is 40.6 Å². The van der Waals surface area contributed by atoms with Gasteiger partial charge in [0, 0.05) is 13.1 Å². The van der Waals surface area contributed by atoms with Crippen LogP contribution in [0.2, 0.25) is 0 Å². The van der Waals surface area contributed by atoms with Gasteiger partial charge in [0.15, 0.2) is 0 Å². The maximum absolute atomic E-state index is 14.7. The van der Waals surface area contributed by atoms with E-state index in [1.54, 1.807) is 6.08 Å². The van der Waals surface area contributed by atoms with Crippen molar-refractivity contribution in [1.29, 1.82) is 0 Å². The molecule has 0 aliphatic carbocycles. The third-order valence-corrected chi connectivity index (χ3v) is 6.27. The molecule has 0 saturated carbocycles. The molecule has 0 radical (unpaired) electrons. The molecule has 2 aliphatic rings. The van der Waals surface area contributed by atoms with Gasteiger partial charge in [-0.05, 0) is 73.4 Å². The molecule has 0 aromatic heterocycles. The van der Waals surface area contributed by atoms with E-state index in [1.807, 2.05) is 44.2 Å². The van der Waals surface area contributed by atoms with Crippen LogP contribution in [0.4, 0.5) is 14.9 Å².